The molecule has 2 rings (SSSR count). The lowest BCUT2D eigenvalue weighted by Gasteiger charge is -2.16. The lowest BCUT2D eigenvalue weighted by Crippen LogP contribution is -2.20. The van der Waals surface area contributed by atoms with Gasteiger partial charge in [0.25, 0.3) is 5.90 Å². The number of allylic oxidation sites excluding steroid dienone is 1. The molecule has 0 aliphatic carbocycles. The normalized spacial score (nSPS) is 13.2. The number of hydrogen-bond acceptors (Lipinski definition) is 7. The molecule has 0 aliphatic heterocycles. The topological polar surface area (TPSA) is 102 Å². The third-order valence-electron chi connectivity index (χ3n) is 4.24. The van der Waals surface area contributed by atoms with Crippen molar-refractivity contribution in [1.82, 2.24) is 0 Å². The van der Waals surface area contributed by atoms with Crippen LogP contribution >= 0.6 is 0 Å². The van der Waals surface area contributed by atoms with Crippen LogP contribution in [0.5, 0.6) is 0 Å². The van der Waals surface area contributed by atoms with Crippen LogP contribution < -0.4 is 5.90 Å². The Hall–Kier alpha value is -3.84. The molecule has 0 atom stereocenters. The van der Waals surface area contributed by atoms with Crippen LogP contribution in [0.1, 0.15) is 29.2 Å². The highest BCUT2D eigenvalue weighted by Crippen LogP contribution is 2.34. The zero-order valence-corrected chi connectivity index (χ0v) is 16.9. The number of ether oxygens (including phenoxy) is 1. The number of halogens is 3. The van der Waals surface area contributed by atoms with Crippen molar-refractivity contribution < 1.29 is 27.6 Å². The minimum absolute atomic E-state index is 0.0635. The predicted octanol–water partition coefficient (Wildman–Crippen LogP) is 4.36. The Morgan fingerprint density at radius 2 is 1.74 bits per heavy atom. The maximum Gasteiger partial charge on any atom is 0.416 e. The van der Waals surface area contributed by atoms with Gasteiger partial charge in [-0.25, -0.2) is 0 Å². The van der Waals surface area contributed by atoms with E-state index < -0.39 is 11.7 Å². The fraction of sp³-hybridized carbons (Fsp3) is 0.190. The average Bonchev–Trinajstić information content (AvgIpc) is 2.76. The van der Waals surface area contributed by atoms with E-state index in [4.69, 9.17) is 25.6 Å². The molecule has 0 amide bonds. The summed E-state index contributed by atoms with van der Waals surface area (Å²) in [6, 6.07) is 11.4. The summed E-state index contributed by atoms with van der Waals surface area (Å²) in [6.07, 6.45) is -2.89. The van der Waals surface area contributed by atoms with Crippen molar-refractivity contribution in [3.63, 3.8) is 0 Å². The Kier molecular flexibility index (Phi) is 7.76. The van der Waals surface area contributed by atoms with Crippen molar-refractivity contribution in [2.75, 3.05) is 14.2 Å². The molecule has 0 spiro atoms. The fourth-order valence-corrected chi connectivity index (χ4v) is 2.84. The summed E-state index contributed by atoms with van der Waals surface area (Å²) in [5.74, 6) is 5.47. The Morgan fingerprint density at radius 1 is 1.06 bits per heavy atom. The second-order valence-electron chi connectivity index (χ2n) is 6.04. The lowest BCUT2D eigenvalue weighted by atomic mass is 9.95. The van der Waals surface area contributed by atoms with Crippen molar-refractivity contribution in [2.24, 2.45) is 16.0 Å². The standard InChI is InChI=1S/C21H19F3N4O3/c1-13(14-7-6-8-15(11-14)21(22,23)24)19(31-26)17-10-5-4-9-16(17)18(28-30-3)20(29-2)27-12-25/h4-11H,26H2,1-3H3. The zero-order chi connectivity index (χ0) is 23.0. The molecule has 0 radical (unpaired) electrons. The molecule has 2 aromatic carbocycles. The van der Waals surface area contributed by atoms with Gasteiger partial charge in [0.2, 0.25) is 6.19 Å². The van der Waals surface area contributed by atoms with E-state index in [9.17, 15) is 13.2 Å². The maximum atomic E-state index is 13.1. The number of nitrogens with two attached hydrogens (primary N) is 1. The van der Waals surface area contributed by atoms with E-state index in [0.29, 0.717) is 16.7 Å². The van der Waals surface area contributed by atoms with Gasteiger partial charge in [0.1, 0.15) is 7.11 Å². The predicted molar refractivity (Wildman–Crippen MR) is 109 cm³/mol. The SMILES string of the molecule is CON=C(C(=NC#N)OC)c1ccccc1C(ON)=C(C)c1cccc(C(F)(F)F)c1. The molecule has 0 aromatic heterocycles. The largest absolute Gasteiger partial charge is 0.479 e. The summed E-state index contributed by atoms with van der Waals surface area (Å²) < 4.78 is 44.5. The van der Waals surface area contributed by atoms with Crippen LogP contribution in [0.4, 0.5) is 13.2 Å². The van der Waals surface area contributed by atoms with Crippen molar-refractivity contribution >= 4 is 22.9 Å². The highest BCUT2D eigenvalue weighted by atomic mass is 19.4. The number of methoxy groups -OCH3 is 1. The van der Waals surface area contributed by atoms with E-state index in [1.54, 1.807) is 37.4 Å². The Morgan fingerprint density at radius 3 is 2.29 bits per heavy atom. The molecule has 31 heavy (non-hydrogen) atoms. The molecule has 0 fully saturated rings. The molecular weight excluding hydrogens is 413 g/mol. The second-order valence-corrected chi connectivity index (χ2v) is 6.04. The number of aliphatic imine (C=N–C) groups is 1. The Bertz CT molecular complexity index is 1070. The number of oxime groups is 1. The molecule has 2 aromatic rings. The van der Waals surface area contributed by atoms with Crippen LogP contribution in [0.25, 0.3) is 11.3 Å². The van der Waals surface area contributed by atoms with Crippen molar-refractivity contribution in [3.05, 3.63) is 70.8 Å². The summed E-state index contributed by atoms with van der Waals surface area (Å²) in [5.41, 5.74) is 0.597. The van der Waals surface area contributed by atoms with E-state index in [-0.39, 0.29) is 22.9 Å². The quantitative estimate of drug-likeness (QED) is 0.182. The van der Waals surface area contributed by atoms with Gasteiger partial charge in [0.15, 0.2) is 11.5 Å². The monoisotopic (exact) mass is 432 g/mol. The molecule has 0 saturated carbocycles. The van der Waals surface area contributed by atoms with Crippen LogP contribution in [-0.2, 0) is 20.6 Å². The third kappa shape index (κ3) is 5.40. The lowest BCUT2D eigenvalue weighted by molar-refractivity contribution is -0.137. The summed E-state index contributed by atoms with van der Waals surface area (Å²) in [6.45, 7) is 1.57. The van der Waals surface area contributed by atoms with Gasteiger partial charge in [-0.1, -0.05) is 41.6 Å². The van der Waals surface area contributed by atoms with Gasteiger partial charge >= 0.3 is 6.18 Å². The molecule has 162 valence electrons. The van der Waals surface area contributed by atoms with Gasteiger partial charge < -0.3 is 14.4 Å². The maximum absolute atomic E-state index is 13.1. The van der Waals surface area contributed by atoms with Crippen LogP contribution in [0.2, 0.25) is 0 Å². The number of nitrogens with zero attached hydrogens (tertiary/aromatic N) is 3. The van der Waals surface area contributed by atoms with Crippen molar-refractivity contribution in [2.45, 2.75) is 13.1 Å². The minimum atomic E-state index is -4.50. The highest BCUT2D eigenvalue weighted by molar-refractivity contribution is 6.46. The number of hydrogen-bond donors (Lipinski definition) is 1. The van der Waals surface area contributed by atoms with Gasteiger partial charge in [0.05, 0.1) is 12.7 Å². The van der Waals surface area contributed by atoms with E-state index in [1.165, 1.54) is 26.4 Å². The summed E-state index contributed by atoms with van der Waals surface area (Å²) >= 11 is 0. The summed E-state index contributed by atoms with van der Waals surface area (Å²) in [5, 5.41) is 12.8. The van der Waals surface area contributed by atoms with Gasteiger partial charge in [-0.3, -0.25) is 0 Å². The molecule has 2 N–H and O–H groups in total. The average molecular weight is 432 g/mol. The summed E-state index contributed by atoms with van der Waals surface area (Å²) in [7, 11) is 2.60. The molecule has 0 bridgehead atoms. The van der Waals surface area contributed by atoms with Gasteiger partial charge in [-0.15, -0.1) is 4.99 Å². The zero-order valence-electron chi connectivity index (χ0n) is 16.9. The van der Waals surface area contributed by atoms with Crippen molar-refractivity contribution in [3.8, 4) is 6.19 Å². The van der Waals surface area contributed by atoms with Crippen LogP contribution in [0, 0.1) is 11.5 Å². The molecule has 0 saturated heterocycles. The van der Waals surface area contributed by atoms with Crippen LogP contribution in [0.3, 0.4) is 0 Å². The number of nitriles is 1. The molecule has 10 heteroatoms. The fourth-order valence-electron chi connectivity index (χ4n) is 2.84. The van der Waals surface area contributed by atoms with Crippen molar-refractivity contribution in [1.29, 1.82) is 5.26 Å². The first kappa shape index (κ1) is 23.4. The number of alkyl halides is 3. The Balaban J connectivity index is 2.74. The molecule has 0 heterocycles. The molecular formula is C21H19F3N4O3. The van der Waals surface area contributed by atoms with Crippen LogP contribution in [-0.4, -0.2) is 25.8 Å². The molecule has 0 unspecified atom stereocenters. The number of rotatable bonds is 6. The van der Waals surface area contributed by atoms with E-state index >= 15 is 0 Å². The Labute approximate surface area is 176 Å². The third-order valence-corrected chi connectivity index (χ3v) is 4.24. The molecule has 0 aliphatic rings. The first-order valence-corrected chi connectivity index (χ1v) is 8.75. The van der Waals surface area contributed by atoms with E-state index in [2.05, 4.69) is 10.1 Å². The number of benzene rings is 2. The van der Waals surface area contributed by atoms with Gasteiger partial charge in [-0.05, 0) is 24.6 Å². The first-order chi connectivity index (χ1) is 14.8. The van der Waals surface area contributed by atoms with Crippen LogP contribution in [0.15, 0.2) is 58.7 Å². The highest BCUT2D eigenvalue weighted by Gasteiger charge is 2.31. The van der Waals surface area contributed by atoms with Gasteiger partial charge in [-0.2, -0.15) is 24.3 Å². The van der Waals surface area contributed by atoms with E-state index in [1.807, 2.05) is 0 Å². The second kappa shape index (κ2) is 10.3. The summed E-state index contributed by atoms with van der Waals surface area (Å²) in [4.78, 5) is 13.5. The van der Waals surface area contributed by atoms with Gasteiger partial charge in [0, 0.05) is 16.7 Å². The molecule has 7 nitrogen and oxygen atoms in total. The first-order valence-electron chi connectivity index (χ1n) is 8.75. The smallest absolute Gasteiger partial charge is 0.416 e. The minimum Gasteiger partial charge on any atom is -0.479 e. The van der Waals surface area contributed by atoms with E-state index in [0.717, 1.165) is 12.1 Å².